The molecule has 2 heterocycles. The molecule has 1 aromatic heterocycles. The Morgan fingerprint density at radius 2 is 2.50 bits per heavy atom. The lowest BCUT2D eigenvalue weighted by molar-refractivity contribution is 0.122. The second-order valence-corrected chi connectivity index (χ2v) is 3.66. The molecule has 0 aliphatic carbocycles. The minimum absolute atomic E-state index is 0.137. The summed E-state index contributed by atoms with van der Waals surface area (Å²) in [6.45, 7) is 4.21. The van der Waals surface area contributed by atoms with Crippen molar-refractivity contribution in [3.63, 3.8) is 0 Å². The van der Waals surface area contributed by atoms with Crippen molar-refractivity contribution >= 4 is 6.09 Å². The van der Waals surface area contributed by atoms with Gasteiger partial charge in [0.25, 0.3) is 0 Å². The summed E-state index contributed by atoms with van der Waals surface area (Å²) in [5.41, 5.74) is 0. The molecule has 0 bridgehead atoms. The molecule has 0 saturated carbocycles. The molecule has 0 spiro atoms. The number of amides is 1. The second-order valence-electron chi connectivity index (χ2n) is 3.66. The Balaban J connectivity index is 1.97. The van der Waals surface area contributed by atoms with E-state index < -0.39 is 0 Å². The highest BCUT2D eigenvalue weighted by Gasteiger charge is 2.24. The average Bonchev–Trinajstić information content (AvgIpc) is 2.31. The van der Waals surface area contributed by atoms with Gasteiger partial charge in [-0.05, 0) is 6.92 Å². The fourth-order valence-corrected chi connectivity index (χ4v) is 1.60. The number of carbonyl (C=O) groups is 1. The molecule has 1 saturated heterocycles. The minimum Gasteiger partial charge on any atom is -0.389 e. The van der Waals surface area contributed by atoms with E-state index in [0.29, 0.717) is 6.54 Å². The second kappa shape index (κ2) is 4.89. The first kappa shape index (κ1) is 10.8. The molecule has 1 amide bonds. The molecule has 2 rings (SSSR count). The highest BCUT2D eigenvalue weighted by atomic mass is 16.6. The van der Waals surface area contributed by atoms with Crippen molar-refractivity contribution in [3.05, 3.63) is 18.6 Å². The van der Waals surface area contributed by atoms with Crippen LogP contribution < -0.4 is 10.1 Å². The Kier molecular flexibility index (Phi) is 3.31. The van der Waals surface area contributed by atoms with E-state index >= 15 is 0 Å². The van der Waals surface area contributed by atoms with Gasteiger partial charge in [-0.15, -0.1) is 0 Å². The molecular weight excluding hydrogens is 208 g/mol. The van der Waals surface area contributed by atoms with E-state index in [1.54, 1.807) is 4.90 Å². The van der Waals surface area contributed by atoms with Gasteiger partial charge < -0.3 is 15.0 Å². The lowest BCUT2D eigenvalue weighted by Crippen LogP contribution is -2.53. The largest absolute Gasteiger partial charge is 0.416 e. The number of carbonyl (C=O) groups excluding carboxylic acids is 1. The van der Waals surface area contributed by atoms with E-state index in [1.165, 1.54) is 18.6 Å². The van der Waals surface area contributed by atoms with Gasteiger partial charge in [-0.2, -0.15) is 0 Å². The normalized spacial score (nSPS) is 20.6. The molecule has 6 nitrogen and oxygen atoms in total. The van der Waals surface area contributed by atoms with Crippen molar-refractivity contribution in [2.24, 2.45) is 0 Å². The van der Waals surface area contributed by atoms with Crippen LogP contribution in [0.25, 0.3) is 0 Å². The number of aromatic nitrogens is 2. The van der Waals surface area contributed by atoms with Crippen LogP contribution in [0.2, 0.25) is 0 Å². The van der Waals surface area contributed by atoms with Gasteiger partial charge in [0.1, 0.15) is 0 Å². The number of hydrogen-bond acceptors (Lipinski definition) is 5. The molecule has 1 aromatic rings. The molecular formula is C10H14N4O2. The minimum atomic E-state index is -0.366. The van der Waals surface area contributed by atoms with E-state index in [4.69, 9.17) is 4.74 Å². The zero-order valence-electron chi connectivity index (χ0n) is 9.09. The van der Waals surface area contributed by atoms with Crippen LogP contribution in [-0.2, 0) is 0 Å². The number of piperazine rings is 1. The predicted octanol–water partition coefficient (Wildman–Crippen LogP) is 0.269. The number of hydrogen-bond donors (Lipinski definition) is 1. The fourth-order valence-electron chi connectivity index (χ4n) is 1.60. The number of rotatable bonds is 1. The average molecular weight is 222 g/mol. The third kappa shape index (κ3) is 2.46. The summed E-state index contributed by atoms with van der Waals surface area (Å²) in [7, 11) is 0. The summed E-state index contributed by atoms with van der Waals surface area (Å²) in [5.74, 6) is 0.234. The van der Waals surface area contributed by atoms with Crippen molar-refractivity contribution < 1.29 is 9.53 Å². The van der Waals surface area contributed by atoms with Crippen LogP contribution in [0.4, 0.5) is 4.79 Å². The molecule has 0 aromatic carbocycles. The van der Waals surface area contributed by atoms with Crippen LogP contribution in [0.1, 0.15) is 6.92 Å². The maximum Gasteiger partial charge on any atom is 0.416 e. The molecule has 16 heavy (non-hydrogen) atoms. The Hall–Kier alpha value is -1.69. The summed E-state index contributed by atoms with van der Waals surface area (Å²) in [6.07, 6.45) is 4.08. The fraction of sp³-hybridized carbons (Fsp3) is 0.500. The van der Waals surface area contributed by atoms with Crippen LogP contribution in [0, 0.1) is 0 Å². The monoisotopic (exact) mass is 222 g/mol. The van der Waals surface area contributed by atoms with Crippen molar-refractivity contribution in [2.45, 2.75) is 13.0 Å². The maximum atomic E-state index is 11.8. The Morgan fingerprint density at radius 3 is 3.19 bits per heavy atom. The smallest absolute Gasteiger partial charge is 0.389 e. The van der Waals surface area contributed by atoms with Crippen LogP contribution in [-0.4, -0.2) is 46.6 Å². The summed E-state index contributed by atoms with van der Waals surface area (Å²) in [4.78, 5) is 21.2. The van der Waals surface area contributed by atoms with Gasteiger partial charge in [0.15, 0.2) is 0 Å². The topological polar surface area (TPSA) is 67.4 Å². The van der Waals surface area contributed by atoms with E-state index in [0.717, 1.165) is 13.1 Å². The molecule has 1 aliphatic heterocycles. The predicted molar refractivity (Wildman–Crippen MR) is 57.1 cm³/mol. The van der Waals surface area contributed by atoms with Crippen LogP contribution in [0.5, 0.6) is 5.88 Å². The SMILES string of the molecule is CC1CNCCN1C(=O)Oc1cnccn1. The number of ether oxygens (including phenoxy) is 1. The van der Waals surface area contributed by atoms with E-state index in [-0.39, 0.29) is 18.0 Å². The molecule has 1 aliphatic rings. The van der Waals surface area contributed by atoms with Crippen molar-refractivity contribution in [3.8, 4) is 5.88 Å². The molecule has 1 N–H and O–H groups in total. The quantitative estimate of drug-likeness (QED) is 0.738. The first-order valence-electron chi connectivity index (χ1n) is 5.22. The standard InChI is InChI=1S/C10H14N4O2/c1-8-6-12-4-5-14(8)10(15)16-9-7-11-2-3-13-9/h2-3,7-8,12H,4-6H2,1H3. The first-order valence-corrected chi connectivity index (χ1v) is 5.22. The summed E-state index contributed by atoms with van der Waals surface area (Å²) >= 11 is 0. The van der Waals surface area contributed by atoms with E-state index in [2.05, 4.69) is 15.3 Å². The van der Waals surface area contributed by atoms with Gasteiger partial charge in [-0.1, -0.05) is 0 Å². The zero-order chi connectivity index (χ0) is 11.4. The lowest BCUT2D eigenvalue weighted by atomic mass is 10.2. The van der Waals surface area contributed by atoms with Crippen LogP contribution in [0.15, 0.2) is 18.6 Å². The number of nitrogens with one attached hydrogen (secondary N) is 1. The molecule has 1 fully saturated rings. The molecule has 1 atom stereocenters. The maximum absolute atomic E-state index is 11.8. The summed E-state index contributed by atoms with van der Waals surface area (Å²) in [5, 5.41) is 3.21. The Labute approximate surface area is 93.6 Å². The highest BCUT2D eigenvalue weighted by Crippen LogP contribution is 2.08. The molecule has 86 valence electrons. The van der Waals surface area contributed by atoms with Gasteiger partial charge >= 0.3 is 6.09 Å². The molecule has 6 heteroatoms. The summed E-state index contributed by atoms with van der Waals surface area (Å²) in [6, 6.07) is 0.137. The van der Waals surface area contributed by atoms with Gasteiger partial charge in [0, 0.05) is 38.1 Å². The van der Waals surface area contributed by atoms with Gasteiger partial charge in [-0.3, -0.25) is 4.98 Å². The van der Waals surface area contributed by atoms with Crippen molar-refractivity contribution in [1.82, 2.24) is 20.2 Å². The zero-order valence-corrected chi connectivity index (χ0v) is 9.09. The van der Waals surface area contributed by atoms with Crippen molar-refractivity contribution in [2.75, 3.05) is 19.6 Å². The van der Waals surface area contributed by atoms with E-state index in [9.17, 15) is 4.79 Å². The summed E-state index contributed by atoms with van der Waals surface area (Å²) < 4.78 is 5.11. The first-order chi connectivity index (χ1) is 7.77. The third-order valence-corrected chi connectivity index (χ3v) is 2.47. The van der Waals surface area contributed by atoms with Crippen LogP contribution in [0.3, 0.4) is 0 Å². The Morgan fingerprint density at radius 1 is 1.62 bits per heavy atom. The molecule has 0 radical (unpaired) electrons. The van der Waals surface area contributed by atoms with E-state index in [1.807, 2.05) is 6.92 Å². The third-order valence-electron chi connectivity index (χ3n) is 2.47. The van der Waals surface area contributed by atoms with Gasteiger partial charge in [0.05, 0.1) is 6.20 Å². The van der Waals surface area contributed by atoms with Gasteiger partial charge in [-0.25, -0.2) is 9.78 Å². The highest BCUT2D eigenvalue weighted by molar-refractivity contribution is 5.70. The Bertz CT molecular complexity index is 357. The van der Waals surface area contributed by atoms with Crippen LogP contribution >= 0.6 is 0 Å². The van der Waals surface area contributed by atoms with Gasteiger partial charge in [0.2, 0.25) is 5.88 Å². The molecule has 1 unspecified atom stereocenters. The lowest BCUT2D eigenvalue weighted by Gasteiger charge is -2.32. The van der Waals surface area contributed by atoms with Crippen molar-refractivity contribution in [1.29, 1.82) is 0 Å². The number of nitrogens with zero attached hydrogens (tertiary/aromatic N) is 3.